The number of phenols is 2. The predicted octanol–water partition coefficient (Wildman–Crippen LogP) is 2.32. The number of carbonyl (C=O) groups excluding carboxylic acids is 1. The van der Waals surface area contributed by atoms with Gasteiger partial charge in [-0.1, -0.05) is 18.2 Å². The van der Waals surface area contributed by atoms with Gasteiger partial charge in [0.05, 0.1) is 5.56 Å². The van der Waals surface area contributed by atoms with E-state index in [1.165, 1.54) is 12.1 Å². The van der Waals surface area contributed by atoms with Crippen LogP contribution in [0.5, 0.6) is 17.2 Å². The molecule has 0 bridgehead atoms. The maximum absolute atomic E-state index is 11.7. The van der Waals surface area contributed by atoms with Gasteiger partial charge in [0.1, 0.15) is 5.75 Å². The molecule has 0 amide bonds. The number of hydrogen-bond acceptors (Lipinski definition) is 4. The molecule has 4 nitrogen and oxygen atoms in total. The molecule has 0 aliphatic heterocycles. The van der Waals surface area contributed by atoms with Crippen molar-refractivity contribution in [3.8, 4) is 17.2 Å². The van der Waals surface area contributed by atoms with Crippen LogP contribution in [0.15, 0.2) is 48.5 Å². The summed E-state index contributed by atoms with van der Waals surface area (Å²) in [5.74, 6) is -0.801. The fourth-order valence-electron chi connectivity index (χ4n) is 1.30. The molecule has 0 radical (unpaired) electrons. The maximum atomic E-state index is 11.7. The lowest BCUT2D eigenvalue weighted by Gasteiger charge is -2.04. The monoisotopic (exact) mass is 230 g/mol. The summed E-state index contributed by atoms with van der Waals surface area (Å²) in [7, 11) is 0. The van der Waals surface area contributed by atoms with Crippen LogP contribution in [0.1, 0.15) is 10.4 Å². The van der Waals surface area contributed by atoms with E-state index < -0.39 is 5.97 Å². The van der Waals surface area contributed by atoms with Gasteiger partial charge in [-0.15, -0.1) is 0 Å². The van der Waals surface area contributed by atoms with Gasteiger partial charge < -0.3 is 14.9 Å². The summed E-state index contributed by atoms with van der Waals surface area (Å²) in [6, 6.07) is 12.4. The molecule has 0 heterocycles. The molecule has 0 unspecified atom stereocenters. The van der Waals surface area contributed by atoms with Crippen LogP contribution in [0, 0.1) is 0 Å². The maximum Gasteiger partial charge on any atom is 0.343 e. The third-order valence-electron chi connectivity index (χ3n) is 2.16. The van der Waals surface area contributed by atoms with Gasteiger partial charge in [0.2, 0.25) is 0 Å². The fraction of sp³-hybridized carbons (Fsp3) is 0. The molecular weight excluding hydrogens is 220 g/mol. The van der Waals surface area contributed by atoms with E-state index in [1.54, 1.807) is 24.3 Å². The van der Waals surface area contributed by atoms with Gasteiger partial charge in [0.15, 0.2) is 11.5 Å². The number of esters is 1. The fourth-order valence-corrected chi connectivity index (χ4v) is 1.30. The van der Waals surface area contributed by atoms with E-state index in [9.17, 15) is 9.90 Å². The largest absolute Gasteiger partial charge is 0.504 e. The lowest BCUT2D eigenvalue weighted by molar-refractivity contribution is 0.0734. The van der Waals surface area contributed by atoms with E-state index in [1.807, 2.05) is 6.07 Å². The molecule has 4 heteroatoms. The van der Waals surface area contributed by atoms with Crippen molar-refractivity contribution in [3.63, 3.8) is 0 Å². The minimum atomic E-state index is -0.591. The van der Waals surface area contributed by atoms with Crippen LogP contribution >= 0.6 is 0 Å². The molecule has 0 fully saturated rings. The van der Waals surface area contributed by atoms with Crippen molar-refractivity contribution < 1.29 is 19.7 Å². The zero-order valence-electron chi connectivity index (χ0n) is 8.83. The normalized spacial score (nSPS) is 9.88. The van der Waals surface area contributed by atoms with Gasteiger partial charge in [-0.2, -0.15) is 0 Å². The molecule has 0 spiro atoms. The summed E-state index contributed by atoms with van der Waals surface area (Å²) in [6.45, 7) is 0. The molecule has 0 atom stereocenters. The Balaban J connectivity index is 2.18. The molecule has 86 valence electrons. The summed E-state index contributed by atoms with van der Waals surface area (Å²) in [5, 5.41) is 18.4. The Bertz CT molecular complexity index is 534. The molecule has 0 aliphatic rings. The van der Waals surface area contributed by atoms with Crippen molar-refractivity contribution in [2.75, 3.05) is 0 Å². The Morgan fingerprint density at radius 3 is 2.29 bits per heavy atom. The predicted molar refractivity (Wildman–Crippen MR) is 61.2 cm³/mol. The van der Waals surface area contributed by atoms with Gasteiger partial charge in [-0.3, -0.25) is 0 Å². The molecular formula is C13H10O4. The average Bonchev–Trinajstić information content (AvgIpc) is 2.34. The minimum absolute atomic E-state index is 0.171. The van der Waals surface area contributed by atoms with Crippen LogP contribution in [0.25, 0.3) is 0 Å². The Kier molecular flexibility index (Phi) is 2.96. The Labute approximate surface area is 97.7 Å². The van der Waals surface area contributed by atoms with Crippen molar-refractivity contribution >= 4 is 5.97 Å². The van der Waals surface area contributed by atoms with Gasteiger partial charge in [0, 0.05) is 0 Å². The summed E-state index contributed by atoms with van der Waals surface area (Å²) in [5.41, 5.74) is 0.171. The molecule has 2 N–H and O–H groups in total. The topological polar surface area (TPSA) is 66.8 Å². The standard InChI is InChI=1S/C13H10O4/c14-11-7-6-9(8-12(11)15)13(16)17-10-4-2-1-3-5-10/h1-8,14-15H. The van der Waals surface area contributed by atoms with E-state index in [0.29, 0.717) is 5.75 Å². The third-order valence-corrected chi connectivity index (χ3v) is 2.16. The number of benzene rings is 2. The summed E-state index contributed by atoms with van der Waals surface area (Å²) in [6.07, 6.45) is 0. The molecule has 0 aromatic heterocycles. The van der Waals surface area contributed by atoms with Crippen molar-refractivity contribution in [2.24, 2.45) is 0 Å². The van der Waals surface area contributed by atoms with Crippen LogP contribution < -0.4 is 4.74 Å². The van der Waals surface area contributed by atoms with Crippen molar-refractivity contribution in [1.82, 2.24) is 0 Å². The molecule has 0 aliphatic carbocycles. The van der Waals surface area contributed by atoms with Crippen LogP contribution in [0.3, 0.4) is 0 Å². The number of ether oxygens (including phenoxy) is 1. The highest BCUT2D eigenvalue weighted by Gasteiger charge is 2.10. The molecule has 0 saturated heterocycles. The van der Waals surface area contributed by atoms with Crippen molar-refractivity contribution in [2.45, 2.75) is 0 Å². The Morgan fingerprint density at radius 1 is 0.941 bits per heavy atom. The van der Waals surface area contributed by atoms with E-state index in [4.69, 9.17) is 9.84 Å². The molecule has 17 heavy (non-hydrogen) atoms. The summed E-state index contributed by atoms with van der Waals surface area (Å²) < 4.78 is 5.06. The first-order valence-corrected chi connectivity index (χ1v) is 4.96. The number of carbonyl (C=O) groups is 1. The zero-order valence-corrected chi connectivity index (χ0v) is 8.83. The van der Waals surface area contributed by atoms with Crippen LogP contribution in [0.4, 0.5) is 0 Å². The van der Waals surface area contributed by atoms with Gasteiger partial charge in [-0.25, -0.2) is 4.79 Å². The van der Waals surface area contributed by atoms with E-state index >= 15 is 0 Å². The average molecular weight is 230 g/mol. The lowest BCUT2D eigenvalue weighted by atomic mass is 10.2. The molecule has 2 aromatic rings. The summed E-state index contributed by atoms with van der Waals surface area (Å²) >= 11 is 0. The highest BCUT2D eigenvalue weighted by molar-refractivity contribution is 5.91. The summed E-state index contributed by atoms with van der Waals surface area (Å²) in [4.78, 5) is 11.7. The van der Waals surface area contributed by atoms with E-state index in [2.05, 4.69) is 0 Å². The zero-order chi connectivity index (χ0) is 12.3. The third kappa shape index (κ3) is 2.55. The number of hydrogen-bond donors (Lipinski definition) is 2. The molecule has 2 aromatic carbocycles. The van der Waals surface area contributed by atoms with Gasteiger partial charge in [-0.05, 0) is 30.3 Å². The Morgan fingerprint density at radius 2 is 1.65 bits per heavy atom. The van der Waals surface area contributed by atoms with E-state index in [0.717, 1.165) is 6.07 Å². The van der Waals surface area contributed by atoms with Gasteiger partial charge in [0.25, 0.3) is 0 Å². The highest BCUT2D eigenvalue weighted by atomic mass is 16.5. The molecule has 0 saturated carbocycles. The second kappa shape index (κ2) is 4.57. The number of phenolic OH excluding ortho intramolecular Hbond substituents is 2. The van der Waals surface area contributed by atoms with Gasteiger partial charge >= 0.3 is 5.97 Å². The second-order valence-electron chi connectivity index (χ2n) is 3.41. The SMILES string of the molecule is O=C(Oc1ccccc1)c1ccc(O)c(O)c1. The first kappa shape index (κ1) is 11.0. The van der Waals surface area contributed by atoms with Crippen LogP contribution in [-0.2, 0) is 0 Å². The smallest absolute Gasteiger partial charge is 0.343 e. The highest BCUT2D eigenvalue weighted by Crippen LogP contribution is 2.25. The number of aromatic hydroxyl groups is 2. The first-order valence-electron chi connectivity index (χ1n) is 4.96. The van der Waals surface area contributed by atoms with Crippen LogP contribution in [-0.4, -0.2) is 16.2 Å². The van der Waals surface area contributed by atoms with Crippen molar-refractivity contribution in [1.29, 1.82) is 0 Å². The number of para-hydroxylation sites is 1. The quantitative estimate of drug-likeness (QED) is 0.472. The second-order valence-corrected chi connectivity index (χ2v) is 3.41. The minimum Gasteiger partial charge on any atom is -0.504 e. The van der Waals surface area contributed by atoms with E-state index in [-0.39, 0.29) is 17.1 Å². The lowest BCUT2D eigenvalue weighted by Crippen LogP contribution is -2.07. The van der Waals surface area contributed by atoms with Crippen molar-refractivity contribution in [3.05, 3.63) is 54.1 Å². The first-order chi connectivity index (χ1) is 8.16. The Hall–Kier alpha value is -2.49. The number of rotatable bonds is 2. The molecule has 2 rings (SSSR count). The van der Waals surface area contributed by atoms with Crippen LogP contribution in [0.2, 0.25) is 0 Å².